The summed E-state index contributed by atoms with van der Waals surface area (Å²) in [6.45, 7) is 2.07. The number of carbonyl (C=O) groups excluding carboxylic acids is 1. The molecular formula is C11H18N4O. The van der Waals surface area contributed by atoms with E-state index in [1.807, 2.05) is 7.05 Å². The van der Waals surface area contributed by atoms with Gasteiger partial charge >= 0.3 is 0 Å². The Morgan fingerprint density at radius 2 is 2.56 bits per heavy atom. The van der Waals surface area contributed by atoms with Crippen LogP contribution in [0.15, 0.2) is 6.20 Å². The van der Waals surface area contributed by atoms with E-state index in [0.29, 0.717) is 18.8 Å². The van der Waals surface area contributed by atoms with Gasteiger partial charge in [-0.25, -0.2) is 0 Å². The van der Waals surface area contributed by atoms with Crippen molar-refractivity contribution >= 4 is 5.78 Å². The van der Waals surface area contributed by atoms with Crippen LogP contribution in [0.3, 0.4) is 0 Å². The van der Waals surface area contributed by atoms with Crippen molar-refractivity contribution in [3.8, 4) is 0 Å². The molecule has 88 valence electrons. The highest BCUT2D eigenvalue weighted by Crippen LogP contribution is 2.15. The third kappa shape index (κ3) is 3.13. The maximum absolute atomic E-state index is 11.8. The van der Waals surface area contributed by atoms with E-state index < -0.39 is 0 Å². The molecule has 0 radical (unpaired) electrons. The first kappa shape index (κ1) is 11.3. The van der Waals surface area contributed by atoms with Crippen LogP contribution in [0, 0.1) is 5.92 Å². The van der Waals surface area contributed by atoms with Gasteiger partial charge in [-0.15, -0.1) is 5.10 Å². The smallest absolute Gasteiger partial charge is 0.139 e. The molecule has 16 heavy (non-hydrogen) atoms. The zero-order valence-corrected chi connectivity index (χ0v) is 9.65. The predicted octanol–water partition coefficient (Wildman–Crippen LogP) is 0.316. The lowest BCUT2D eigenvalue weighted by molar-refractivity contribution is -0.119. The fourth-order valence-corrected chi connectivity index (χ4v) is 2.17. The number of ketones is 1. The average molecular weight is 222 g/mol. The van der Waals surface area contributed by atoms with Crippen molar-refractivity contribution in [1.29, 1.82) is 0 Å². The van der Waals surface area contributed by atoms with Crippen LogP contribution in [-0.4, -0.2) is 33.9 Å². The van der Waals surface area contributed by atoms with Crippen molar-refractivity contribution in [2.75, 3.05) is 13.1 Å². The molecular weight excluding hydrogens is 204 g/mol. The number of rotatable bonds is 4. The molecule has 1 fully saturated rings. The molecule has 0 saturated carbocycles. The van der Waals surface area contributed by atoms with Gasteiger partial charge < -0.3 is 5.32 Å². The fourth-order valence-electron chi connectivity index (χ4n) is 2.17. The second-order valence-electron chi connectivity index (χ2n) is 4.52. The van der Waals surface area contributed by atoms with E-state index in [1.54, 1.807) is 10.9 Å². The summed E-state index contributed by atoms with van der Waals surface area (Å²) in [5.74, 6) is 0.784. The lowest BCUT2D eigenvalue weighted by atomic mass is 9.93. The Labute approximate surface area is 95.2 Å². The second-order valence-corrected chi connectivity index (χ2v) is 4.52. The third-order valence-corrected chi connectivity index (χ3v) is 2.94. The van der Waals surface area contributed by atoms with Crippen LogP contribution in [0.4, 0.5) is 0 Å². The minimum Gasteiger partial charge on any atom is -0.316 e. The molecule has 1 N–H and O–H groups in total. The first-order chi connectivity index (χ1) is 7.74. The lowest BCUT2D eigenvalue weighted by Gasteiger charge is -2.21. The van der Waals surface area contributed by atoms with E-state index >= 15 is 0 Å². The number of piperidine rings is 1. The Hall–Kier alpha value is -1.23. The van der Waals surface area contributed by atoms with Gasteiger partial charge in [-0.1, -0.05) is 5.21 Å². The number of nitrogens with one attached hydrogen (secondary N) is 1. The van der Waals surface area contributed by atoms with Crippen LogP contribution in [0.5, 0.6) is 0 Å². The zero-order chi connectivity index (χ0) is 11.4. The summed E-state index contributed by atoms with van der Waals surface area (Å²) in [5, 5.41) is 11.1. The normalized spacial score (nSPS) is 20.9. The molecule has 1 atom stereocenters. The molecule has 0 bridgehead atoms. The maximum Gasteiger partial charge on any atom is 0.139 e. The van der Waals surface area contributed by atoms with Crippen molar-refractivity contribution in [3.63, 3.8) is 0 Å². The van der Waals surface area contributed by atoms with Gasteiger partial charge in [0.1, 0.15) is 5.78 Å². The van der Waals surface area contributed by atoms with E-state index in [0.717, 1.165) is 18.8 Å². The van der Waals surface area contributed by atoms with Gasteiger partial charge in [0.2, 0.25) is 0 Å². The van der Waals surface area contributed by atoms with E-state index in [9.17, 15) is 4.79 Å². The summed E-state index contributed by atoms with van der Waals surface area (Å²) in [6, 6.07) is 0. The molecule has 2 heterocycles. The van der Waals surface area contributed by atoms with Gasteiger partial charge in [-0.3, -0.25) is 9.48 Å². The van der Waals surface area contributed by atoms with Crippen LogP contribution in [0.25, 0.3) is 0 Å². The first-order valence-corrected chi connectivity index (χ1v) is 5.81. The lowest BCUT2D eigenvalue weighted by Crippen LogP contribution is -2.31. The molecule has 1 aliphatic heterocycles. The molecule has 2 rings (SSSR count). The molecule has 1 aromatic heterocycles. The Kier molecular flexibility index (Phi) is 3.66. The minimum atomic E-state index is 0.272. The summed E-state index contributed by atoms with van der Waals surface area (Å²) in [5.41, 5.74) is 0.774. The number of aromatic nitrogens is 3. The van der Waals surface area contributed by atoms with Gasteiger partial charge in [0, 0.05) is 19.7 Å². The summed E-state index contributed by atoms with van der Waals surface area (Å²) in [7, 11) is 1.81. The van der Waals surface area contributed by atoms with E-state index in [-0.39, 0.29) is 5.78 Å². The van der Waals surface area contributed by atoms with Crippen molar-refractivity contribution < 1.29 is 4.79 Å². The van der Waals surface area contributed by atoms with E-state index in [4.69, 9.17) is 0 Å². The largest absolute Gasteiger partial charge is 0.316 e. The molecule has 0 amide bonds. The first-order valence-electron chi connectivity index (χ1n) is 5.81. The average Bonchev–Trinajstić information content (AvgIpc) is 2.65. The molecule has 1 unspecified atom stereocenters. The highest BCUT2D eigenvalue weighted by atomic mass is 16.1. The monoisotopic (exact) mass is 222 g/mol. The predicted molar refractivity (Wildman–Crippen MR) is 59.9 cm³/mol. The van der Waals surface area contributed by atoms with Crippen molar-refractivity contribution in [1.82, 2.24) is 20.3 Å². The minimum absolute atomic E-state index is 0.272. The molecule has 0 aliphatic carbocycles. The Balaban J connectivity index is 1.79. The van der Waals surface area contributed by atoms with Gasteiger partial charge in [0.25, 0.3) is 0 Å². The quantitative estimate of drug-likeness (QED) is 0.797. The molecule has 1 aliphatic rings. The van der Waals surface area contributed by atoms with E-state index in [1.165, 1.54) is 12.8 Å². The fraction of sp³-hybridized carbons (Fsp3) is 0.727. The summed E-state index contributed by atoms with van der Waals surface area (Å²) in [6.07, 6.45) is 5.24. The number of Topliss-reactive ketones (excluding diaryl/α,β-unsaturated/α-hetero) is 1. The number of aryl methyl sites for hydroxylation is 1. The van der Waals surface area contributed by atoms with Crippen molar-refractivity contribution in [3.05, 3.63) is 11.9 Å². The third-order valence-electron chi connectivity index (χ3n) is 2.94. The summed E-state index contributed by atoms with van der Waals surface area (Å²) in [4.78, 5) is 11.8. The SMILES string of the molecule is Cn1cc(CC(=O)CC2CCCNC2)nn1. The number of nitrogens with zero attached hydrogens (tertiary/aromatic N) is 3. The zero-order valence-electron chi connectivity index (χ0n) is 9.65. The van der Waals surface area contributed by atoms with Gasteiger partial charge in [-0.2, -0.15) is 0 Å². The van der Waals surface area contributed by atoms with Crippen molar-refractivity contribution in [2.45, 2.75) is 25.7 Å². The topological polar surface area (TPSA) is 59.8 Å². The molecule has 0 aromatic carbocycles. The number of hydrogen-bond donors (Lipinski definition) is 1. The molecule has 0 spiro atoms. The van der Waals surface area contributed by atoms with Crippen LogP contribution in [0.1, 0.15) is 25.0 Å². The molecule has 5 heteroatoms. The standard InChI is InChI=1S/C11H18N4O/c1-15-8-10(13-14-15)6-11(16)5-9-3-2-4-12-7-9/h8-9,12H,2-7H2,1H3. The van der Waals surface area contributed by atoms with E-state index in [2.05, 4.69) is 15.6 Å². The van der Waals surface area contributed by atoms with Crippen LogP contribution >= 0.6 is 0 Å². The van der Waals surface area contributed by atoms with Gasteiger partial charge in [0.05, 0.1) is 12.1 Å². The highest BCUT2D eigenvalue weighted by molar-refractivity contribution is 5.80. The number of carbonyl (C=O) groups is 1. The van der Waals surface area contributed by atoms with Crippen molar-refractivity contribution in [2.24, 2.45) is 13.0 Å². The molecule has 5 nitrogen and oxygen atoms in total. The van der Waals surface area contributed by atoms with Crippen LogP contribution < -0.4 is 5.32 Å². The summed E-state index contributed by atoms with van der Waals surface area (Å²) < 4.78 is 1.63. The number of hydrogen-bond acceptors (Lipinski definition) is 4. The maximum atomic E-state index is 11.8. The Morgan fingerprint density at radius 1 is 1.69 bits per heavy atom. The van der Waals surface area contributed by atoms with Gasteiger partial charge in [0.15, 0.2) is 0 Å². The highest BCUT2D eigenvalue weighted by Gasteiger charge is 2.17. The summed E-state index contributed by atoms with van der Waals surface area (Å²) >= 11 is 0. The van der Waals surface area contributed by atoms with Crippen LogP contribution in [-0.2, 0) is 18.3 Å². The van der Waals surface area contributed by atoms with Gasteiger partial charge in [-0.05, 0) is 31.8 Å². The molecule has 1 saturated heterocycles. The Bertz CT molecular complexity index is 355. The molecule has 1 aromatic rings. The van der Waals surface area contributed by atoms with Crippen LogP contribution in [0.2, 0.25) is 0 Å². The second kappa shape index (κ2) is 5.21. The Morgan fingerprint density at radius 3 is 3.19 bits per heavy atom.